The smallest absolute Gasteiger partial charge is 0.0209 e. The van der Waals surface area contributed by atoms with Crippen LogP contribution in [0.1, 0.15) is 54.4 Å². The highest BCUT2D eigenvalue weighted by molar-refractivity contribution is 5.01. The first kappa shape index (κ1) is 12.0. The highest BCUT2D eigenvalue weighted by Crippen LogP contribution is 2.43. The Balaban J connectivity index is 2.96. The SMILES string of the molecule is CC1CC(C)(C)N(C)C(C)(C(C)C)C1. The number of nitrogens with zero attached hydrogens (tertiary/aromatic N) is 1. The van der Waals surface area contributed by atoms with E-state index in [1.54, 1.807) is 0 Å². The third kappa shape index (κ3) is 1.84. The van der Waals surface area contributed by atoms with Gasteiger partial charge >= 0.3 is 0 Å². The van der Waals surface area contributed by atoms with Crippen molar-refractivity contribution in [2.75, 3.05) is 7.05 Å². The molecular weight excluding hydrogens is 170 g/mol. The minimum atomic E-state index is 0.358. The normalized spacial score (nSPS) is 39.0. The van der Waals surface area contributed by atoms with Crippen LogP contribution in [0.3, 0.4) is 0 Å². The highest BCUT2D eigenvalue weighted by atomic mass is 15.2. The Morgan fingerprint density at radius 1 is 1.14 bits per heavy atom. The molecule has 1 saturated heterocycles. The number of piperidine rings is 1. The first-order valence-corrected chi connectivity index (χ1v) is 5.94. The Kier molecular flexibility index (Phi) is 3.02. The molecule has 1 rings (SSSR count). The standard InChI is InChI=1S/C13H27N/c1-10(2)13(6)9-11(3)8-12(4,5)14(13)7/h10-11H,8-9H2,1-7H3. The van der Waals surface area contributed by atoms with E-state index in [-0.39, 0.29) is 0 Å². The summed E-state index contributed by atoms with van der Waals surface area (Å²) in [6.45, 7) is 14.3. The van der Waals surface area contributed by atoms with Crippen LogP contribution in [0.4, 0.5) is 0 Å². The molecular formula is C13H27N. The summed E-state index contributed by atoms with van der Waals surface area (Å²) in [6, 6.07) is 0. The zero-order chi connectivity index (χ0) is 11.1. The van der Waals surface area contributed by atoms with Gasteiger partial charge in [-0.15, -0.1) is 0 Å². The van der Waals surface area contributed by atoms with Gasteiger partial charge in [-0.3, -0.25) is 4.90 Å². The Hall–Kier alpha value is -0.0400. The summed E-state index contributed by atoms with van der Waals surface area (Å²) in [5.74, 6) is 1.59. The second-order valence-corrected chi connectivity index (χ2v) is 6.40. The summed E-state index contributed by atoms with van der Waals surface area (Å²) in [5.41, 5.74) is 0.734. The van der Waals surface area contributed by atoms with Crippen molar-refractivity contribution < 1.29 is 0 Å². The first-order chi connectivity index (χ1) is 6.20. The zero-order valence-corrected chi connectivity index (χ0v) is 11.0. The number of hydrogen-bond donors (Lipinski definition) is 0. The van der Waals surface area contributed by atoms with Crippen LogP contribution in [-0.2, 0) is 0 Å². The largest absolute Gasteiger partial charge is 0.296 e. The van der Waals surface area contributed by atoms with Gasteiger partial charge in [0.05, 0.1) is 0 Å². The van der Waals surface area contributed by atoms with Crippen molar-refractivity contribution >= 4 is 0 Å². The topological polar surface area (TPSA) is 3.24 Å². The van der Waals surface area contributed by atoms with E-state index in [0.29, 0.717) is 11.1 Å². The van der Waals surface area contributed by atoms with Crippen molar-refractivity contribution in [2.45, 2.75) is 65.5 Å². The lowest BCUT2D eigenvalue weighted by atomic mass is 9.69. The third-order valence-electron chi connectivity index (χ3n) is 4.53. The van der Waals surface area contributed by atoms with E-state index >= 15 is 0 Å². The van der Waals surface area contributed by atoms with Crippen LogP contribution in [0, 0.1) is 11.8 Å². The van der Waals surface area contributed by atoms with E-state index < -0.39 is 0 Å². The fraction of sp³-hybridized carbons (Fsp3) is 1.00. The van der Waals surface area contributed by atoms with Gasteiger partial charge in [-0.2, -0.15) is 0 Å². The molecule has 0 N–H and O–H groups in total. The molecule has 1 aliphatic heterocycles. The van der Waals surface area contributed by atoms with E-state index in [2.05, 4.69) is 53.5 Å². The zero-order valence-electron chi connectivity index (χ0n) is 11.0. The van der Waals surface area contributed by atoms with Gasteiger partial charge in [0.2, 0.25) is 0 Å². The molecule has 0 spiro atoms. The minimum Gasteiger partial charge on any atom is -0.296 e. The average molecular weight is 197 g/mol. The molecule has 1 nitrogen and oxygen atoms in total. The van der Waals surface area contributed by atoms with Gasteiger partial charge in [0, 0.05) is 11.1 Å². The van der Waals surface area contributed by atoms with Crippen LogP contribution in [-0.4, -0.2) is 23.0 Å². The van der Waals surface area contributed by atoms with Gasteiger partial charge in [0.25, 0.3) is 0 Å². The summed E-state index contributed by atoms with van der Waals surface area (Å²) in [6.07, 6.45) is 2.66. The van der Waals surface area contributed by atoms with Crippen molar-refractivity contribution in [2.24, 2.45) is 11.8 Å². The predicted octanol–water partition coefficient (Wildman–Crippen LogP) is 3.54. The second-order valence-electron chi connectivity index (χ2n) is 6.40. The molecule has 1 aliphatic rings. The molecule has 0 aromatic rings. The van der Waals surface area contributed by atoms with Gasteiger partial charge in [-0.25, -0.2) is 0 Å². The van der Waals surface area contributed by atoms with Crippen LogP contribution in [0.25, 0.3) is 0 Å². The van der Waals surface area contributed by atoms with Gasteiger partial charge in [0.15, 0.2) is 0 Å². The van der Waals surface area contributed by atoms with Crippen molar-refractivity contribution in [1.29, 1.82) is 0 Å². The monoisotopic (exact) mass is 197 g/mol. The molecule has 1 heterocycles. The van der Waals surface area contributed by atoms with Gasteiger partial charge in [-0.05, 0) is 52.5 Å². The van der Waals surface area contributed by atoms with Crippen LogP contribution in [0.2, 0.25) is 0 Å². The van der Waals surface area contributed by atoms with E-state index in [1.807, 2.05) is 0 Å². The van der Waals surface area contributed by atoms with Crippen LogP contribution in [0.15, 0.2) is 0 Å². The second kappa shape index (κ2) is 3.52. The molecule has 0 radical (unpaired) electrons. The maximum absolute atomic E-state index is 2.60. The molecule has 0 bridgehead atoms. The Morgan fingerprint density at radius 3 is 2.07 bits per heavy atom. The minimum absolute atomic E-state index is 0.358. The van der Waals surface area contributed by atoms with Crippen molar-refractivity contribution in [3.05, 3.63) is 0 Å². The molecule has 84 valence electrons. The lowest BCUT2D eigenvalue weighted by molar-refractivity contribution is -0.0612. The first-order valence-electron chi connectivity index (χ1n) is 5.94. The Morgan fingerprint density at radius 2 is 1.64 bits per heavy atom. The van der Waals surface area contributed by atoms with E-state index in [4.69, 9.17) is 0 Å². The number of rotatable bonds is 1. The maximum atomic E-state index is 2.60. The van der Waals surface area contributed by atoms with Crippen molar-refractivity contribution in [3.8, 4) is 0 Å². The number of likely N-dealkylation sites (tertiary alicyclic amines) is 1. The summed E-state index contributed by atoms with van der Waals surface area (Å²) in [4.78, 5) is 2.60. The van der Waals surface area contributed by atoms with Crippen molar-refractivity contribution in [3.63, 3.8) is 0 Å². The number of hydrogen-bond acceptors (Lipinski definition) is 1. The van der Waals surface area contributed by atoms with Crippen molar-refractivity contribution in [1.82, 2.24) is 4.90 Å². The van der Waals surface area contributed by atoms with Crippen LogP contribution in [0.5, 0.6) is 0 Å². The highest BCUT2D eigenvalue weighted by Gasteiger charge is 2.45. The van der Waals surface area contributed by atoms with Crippen LogP contribution < -0.4 is 0 Å². The predicted molar refractivity (Wildman–Crippen MR) is 63.5 cm³/mol. The fourth-order valence-corrected chi connectivity index (χ4v) is 3.22. The maximum Gasteiger partial charge on any atom is 0.0209 e. The summed E-state index contributed by atoms with van der Waals surface area (Å²) in [5, 5.41) is 0. The summed E-state index contributed by atoms with van der Waals surface area (Å²) >= 11 is 0. The lowest BCUT2D eigenvalue weighted by Crippen LogP contribution is -2.61. The molecule has 0 aliphatic carbocycles. The molecule has 1 fully saturated rings. The van der Waals surface area contributed by atoms with Gasteiger partial charge in [-0.1, -0.05) is 20.8 Å². The third-order valence-corrected chi connectivity index (χ3v) is 4.53. The van der Waals surface area contributed by atoms with E-state index in [1.165, 1.54) is 12.8 Å². The Bertz CT molecular complexity index is 207. The molecule has 1 heteroatoms. The van der Waals surface area contributed by atoms with E-state index in [0.717, 1.165) is 11.8 Å². The quantitative estimate of drug-likeness (QED) is 0.621. The molecule has 0 amide bonds. The van der Waals surface area contributed by atoms with Crippen LogP contribution >= 0.6 is 0 Å². The molecule has 0 aromatic carbocycles. The lowest BCUT2D eigenvalue weighted by Gasteiger charge is -2.56. The fourth-order valence-electron chi connectivity index (χ4n) is 3.22. The average Bonchev–Trinajstić information content (AvgIpc) is 1.98. The molecule has 2 unspecified atom stereocenters. The van der Waals surface area contributed by atoms with Gasteiger partial charge < -0.3 is 0 Å². The molecule has 0 aromatic heterocycles. The molecule has 14 heavy (non-hydrogen) atoms. The summed E-state index contributed by atoms with van der Waals surface area (Å²) in [7, 11) is 2.30. The summed E-state index contributed by atoms with van der Waals surface area (Å²) < 4.78 is 0. The Labute approximate surface area is 89.9 Å². The van der Waals surface area contributed by atoms with E-state index in [9.17, 15) is 0 Å². The molecule has 2 atom stereocenters. The van der Waals surface area contributed by atoms with Gasteiger partial charge in [0.1, 0.15) is 0 Å². The molecule has 0 saturated carbocycles.